The summed E-state index contributed by atoms with van der Waals surface area (Å²) in [5, 5.41) is 7.68. The maximum atomic E-state index is 12.4. The van der Waals surface area contributed by atoms with Crippen LogP contribution in [0.15, 0.2) is 16.8 Å². The molecule has 0 aromatic carbocycles. The number of nitrogens with zero attached hydrogens (tertiary/aromatic N) is 1. The summed E-state index contributed by atoms with van der Waals surface area (Å²) in [6.45, 7) is 3.17. The van der Waals surface area contributed by atoms with Gasteiger partial charge in [-0.05, 0) is 67.1 Å². The van der Waals surface area contributed by atoms with E-state index in [2.05, 4.69) is 27.0 Å². The monoisotopic (exact) mass is 314 g/mol. The third kappa shape index (κ3) is 3.54. The van der Waals surface area contributed by atoms with E-state index in [1.54, 1.807) is 11.3 Å². The Bertz CT molecular complexity index is 418. The Labute approximate surface area is 131 Å². The van der Waals surface area contributed by atoms with Crippen molar-refractivity contribution >= 4 is 29.7 Å². The van der Waals surface area contributed by atoms with Crippen LogP contribution in [-0.2, 0) is 4.79 Å². The summed E-state index contributed by atoms with van der Waals surface area (Å²) in [5.41, 5.74) is 1.33. The van der Waals surface area contributed by atoms with Crippen LogP contribution < -0.4 is 5.32 Å². The number of likely N-dealkylation sites (tertiary alicyclic amines) is 1. The van der Waals surface area contributed by atoms with Crippen molar-refractivity contribution in [2.45, 2.75) is 38.1 Å². The molecule has 1 aromatic heterocycles. The molecule has 0 spiro atoms. The van der Waals surface area contributed by atoms with Crippen molar-refractivity contribution in [1.82, 2.24) is 10.2 Å². The van der Waals surface area contributed by atoms with E-state index in [4.69, 9.17) is 0 Å². The molecule has 0 bridgehead atoms. The largest absolute Gasteiger partial charge is 0.336 e. The van der Waals surface area contributed by atoms with Gasteiger partial charge in [0.2, 0.25) is 5.91 Å². The third-order valence-electron chi connectivity index (χ3n) is 4.43. The number of rotatable bonds is 4. The normalized spacial score (nSPS) is 25.7. The van der Waals surface area contributed by atoms with Crippen LogP contribution >= 0.6 is 23.7 Å². The molecular formula is C15H23ClN2OS. The zero-order chi connectivity index (χ0) is 13.1. The molecular weight excluding hydrogens is 292 g/mol. The van der Waals surface area contributed by atoms with Gasteiger partial charge in [-0.25, -0.2) is 0 Å². The second-order valence-electron chi connectivity index (χ2n) is 5.70. The van der Waals surface area contributed by atoms with Gasteiger partial charge in [0.05, 0.1) is 6.04 Å². The van der Waals surface area contributed by atoms with Crippen LogP contribution in [-0.4, -0.2) is 30.4 Å². The lowest BCUT2D eigenvalue weighted by Gasteiger charge is -2.24. The van der Waals surface area contributed by atoms with Gasteiger partial charge in [-0.15, -0.1) is 12.4 Å². The Morgan fingerprint density at radius 3 is 3.05 bits per heavy atom. The number of hydrogen-bond acceptors (Lipinski definition) is 3. The first-order chi connectivity index (χ1) is 9.34. The van der Waals surface area contributed by atoms with Crippen LogP contribution in [0.2, 0.25) is 0 Å². The van der Waals surface area contributed by atoms with E-state index in [0.29, 0.717) is 17.9 Å². The van der Waals surface area contributed by atoms with Crippen LogP contribution in [0.25, 0.3) is 0 Å². The van der Waals surface area contributed by atoms with E-state index in [9.17, 15) is 4.79 Å². The Morgan fingerprint density at radius 2 is 2.35 bits per heavy atom. The average molecular weight is 315 g/mol. The Balaban J connectivity index is 0.00000147. The summed E-state index contributed by atoms with van der Waals surface area (Å²) in [6, 6.07) is 2.52. The van der Waals surface area contributed by atoms with Crippen molar-refractivity contribution in [1.29, 1.82) is 0 Å². The molecule has 2 fully saturated rings. The lowest BCUT2D eigenvalue weighted by atomic mass is 10.0. The Hall–Kier alpha value is -0.580. The minimum absolute atomic E-state index is 0. The van der Waals surface area contributed by atoms with E-state index in [1.807, 2.05) is 0 Å². The van der Waals surface area contributed by atoms with Crippen molar-refractivity contribution in [3.63, 3.8) is 0 Å². The highest BCUT2D eigenvalue weighted by molar-refractivity contribution is 7.07. The second-order valence-corrected chi connectivity index (χ2v) is 6.48. The van der Waals surface area contributed by atoms with E-state index in [0.717, 1.165) is 45.3 Å². The number of amides is 1. The molecule has 2 aliphatic heterocycles. The van der Waals surface area contributed by atoms with Crippen LogP contribution in [0, 0.1) is 5.92 Å². The average Bonchev–Trinajstić information content (AvgIpc) is 3.14. The minimum Gasteiger partial charge on any atom is -0.336 e. The maximum absolute atomic E-state index is 12.4. The molecule has 3 rings (SSSR count). The smallest absolute Gasteiger partial charge is 0.223 e. The summed E-state index contributed by atoms with van der Waals surface area (Å²) in [7, 11) is 0. The van der Waals surface area contributed by atoms with Gasteiger partial charge in [0.1, 0.15) is 0 Å². The topological polar surface area (TPSA) is 32.3 Å². The van der Waals surface area contributed by atoms with Gasteiger partial charge < -0.3 is 10.2 Å². The molecule has 2 saturated heterocycles. The minimum atomic E-state index is 0. The molecule has 1 N–H and O–H groups in total. The fourth-order valence-electron chi connectivity index (χ4n) is 3.31. The maximum Gasteiger partial charge on any atom is 0.223 e. The van der Waals surface area contributed by atoms with E-state index >= 15 is 0 Å². The molecule has 2 unspecified atom stereocenters. The van der Waals surface area contributed by atoms with Gasteiger partial charge >= 0.3 is 0 Å². The molecule has 1 amide bonds. The summed E-state index contributed by atoms with van der Waals surface area (Å²) >= 11 is 1.73. The number of thiophene rings is 1. The Morgan fingerprint density at radius 1 is 1.45 bits per heavy atom. The van der Waals surface area contributed by atoms with Gasteiger partial charge in [0.15, 0.2) is 0 Å². The predicted octanol–water partition coefficient (Wildman–Crippen LogP) is 3.22. The van der Waals surface area contributed by atoms with Crippen molar-refractivity contribution in [3.05, 3.63) is 22.4 Å². The number of carbonyl (C=O) groups is 1. The van der Waals surface area contributed by atoms with Crippen LogP contribution in [0.4, 0.5) is 0 Å². The lowest BCUT2D eigenvalue weighted by Crippen LogP contribution is -2.30. The summed E-state index contributed by atoms with van der Waals surface area (Å²) in [6.07, 6.45) is 5.30. The summed E-state index contributed by atoms with van der Waals surface area (Å²) in [5.74, 6) is 1.08. The fraction of sp³-hybridized carbons (Fsp3) is 0.667. The summed E-state index contributed by atoms with van der Waals surface area (Å²) < 4.78 is 0. The van der Waals surface area contributed by atoms with Gasteiger partial charge in [0, 0.05) is 13.0 Å². The van der Waals surface area contributed by atoms with Gasteiger partial charge in [-0.2, -0.15) is 11.3 Å². The highest BCUT2D eigenvalue weighted by Gasteiger charge is 2.30. The van der Waals surface area contributed by atoms with E-state index in [1.165, 1.54) is 12.0 Å². The molecule has 2 aliphatic rings. The van der Waals surface area contributed by atoms with Gasteiger partial charge in [0.25, 0.3) is 0 Å². The molecule has 112 valence electrons. The fourth-order valence-corrected chi connectivity index (χ4v) is 4.02. The van der Waals surface area contributed by atoms with Crippen LogP contribution in [0.3, 0.4) is 0 Å². The quantitative estimate of drug-likeness (QED) is 0.925. The standard InChI is InChI=1S/C15H22N2OS.ClH/c18-15(4-3-12-5-7-16-10-12)17-8-1-2-14(17)13-6-9-19-11-13;/h6,9,11-12,14,16H,1-5,7-8,10H2;1H. The van der Waals surface area contributed by atoms with Crippen LogP contribution in [0.1, 0.15) is 43.7 Å². The van der Waals surface area contributed by atoms with Crippen molar-refractivity contribution in [2.24, 2.45) is 5.92 Å². The second kappa shape index (κ2) is 7.43. The molecule has 1 aromatic rings. The number of carbonyl (C=O) groups excluding carboxylic acids is 1. The lowest BCUT2D eigenvalue weighted by molar-refractivity contribution is -0.132. The van der Waals surface area contributed by atoms with Gasteiger partial charge in [-0.3, -0.25) is 4.79 Å². The first-order valence-corrected chi connectivity index (χ1v) is 8.31. The zero-order valence-corrected chi connectivity index (χ0v) is 13.3. The first kappa shape index (κ1) is 15.8. The highest BCUT2D eigenvalue weighted by atomic mass is 35.5. The first-order valence-electron chi connectivity index (χ1n) is 7.37. The number of nitrogens with one attached hydrogen (secondary N) is 1. The Kier molecular flexibility index (Phi) is 5.87. The molecule has 20 heavy (non-hydrogen) atoms. The zero-order valence-electron chi connectivity index (χ0n) is 11.7. The molecule has 0 saturated carbocycles. The summed E-state index contributed by atoms with van der Waals surface area (Å²) in [4.78, 5) is 14.5. The predicted molar refractivity (Wildman–Crippen MR) is 85.5 cm³/mol. The van der Waals surface area contributed by atoms with Gasteiger partial charge in [-0.1, -0.05) is 0 Å². The molecule has 3 nitrogen and oxygen atoms in total. The van der Waals surface area contributed by atoms with Crippen molar-refractivity contribution in [3.8, 4) is 0 Å². The molecule has 5 heteroatoms. The van der Waals surface area contributed by atoms with Crippen molar-refractivity contribution < 1.29 is 4.79 Å². The highest BCUT2D eigenvalue weighted by Crippen LogP contribution is 2.33. The van der Waals surface area contributed by atoms with E-state index in [-0.39, 0.29) is 12.4 Å². The number of halogens is 1. The number of hydrogen-bond donors (Lipinski definition) is 1. The van der Waals surface area contributed by atoms with Crippen LogP contribution in [0.5, 0.6) is 0 Å². The SMILES string of the molecule is Cl.O=C(CCC1CCNC1)N1CCCC1c1ccsc1. The molecule has 3 heterocycles. The molecule has 0 radical (unpaired) electrons. The van der Waals surface area contributed by atoms with E-state index < -0.39 is 0 Å². The van der Waals surface area contributed by atoms with Crippen molar-refractivity contribution in [2.75, 3.05) is 19.6 Å². The molecule has 0 aliphatic carbocycles. The molecule has 2 atom stereocenters. The third-order valence-corrected chi connectivity index (χ3v) is 5.13.